The van der Waals surface area contributed by atoms with Crippen molar-refractivity contribution in [3.63, 3.8) is 0 Å². The van der Waals surface area contributed by atoms with E-state index in [1.54, 1.807) is 6.08 Å². The van der Waals surface area contributed by atoms with Gasteiger partial charge >= 0.3 is 0 Å². The maximum Gasteiger partial charge on any atom is 0.193 e. The molecule has 0 aliphatic heterocycles. The van der Waals surface area contributed by atoms with Crippen LogP contribution in [-0.2, 0) is 8.85 Å². The van der Waals surface area contributed by atoms with E-state index in [1.165, 1.54) is 32.1 Å². The summed E-state index contributed by atoms with van der Waals surface area (Å²) in [4.78, 5) is 0. The average molecular weight is 547 g/mol. The highest BCUT2D eigenvalue weighted by Crippen LogP contribution is 2.59. The first kappa shape index (κ1) is 31.1. The largest absolute Gasteiger partial charge is 0.413 e. The molecule has 0 aromatic rings. The van der Waals surface area contributed by atoms with Crippen LogP contribution in [0.4, 0.5) is 0 Å². The van der Waals surface area contributed by atoms with Crippen LogP contribution in [0.1, 0.15) is 93.4 Å². The zero-order valence-corrected chi connectivity index (χ0v) is 28.0. The lowest BCUT2D eigenvalue weighted by Gasteiger charge is -2.62. The van der Waals surface area contributed by atoms with Crippen LogP contribution in [0.15, 0.2) is 12.7 Å². The first-order valence-corrected chi connectivity index (χ1v) is 20.9. The first-order valence-electron chi connectivity index (χ1n) is 15.1. The Kier molecular flexibility index (Phi) is 9.16. The second kappa shape index (κ2) is 10.9. The van der Waals surface area contributed by atoms with Crippen LogP contribution in [0, 0.1) is 41.4 Å². The Morgan fingerprint density at radius 3 is 2.00 bits per heavy atom. The van der Waals surface area contributed by atoms with Gasteiger partial charge in [-0.15, -0.1) is 6.58 Å². The number of rotatable bonds is 6. The van der Waals surface area contributed by atoms with Crippen LogP contribution >= 0.6 is 0 Å². The van der Waals surface area contributed by atoms with Gasteiger partial charge in [0.1, 0.15) is 6.10 Å². The highest BCUT2D eigenvalue weighted by Gasteiger charge is 2.62. The first-order chi connectivity index (χ1) is 16.9. The van der Waals surface area contributed by atoms with E-state index in [0.29, 0.717) is 11.8 Å². The summed E-state index contributed by atoms with van der Waals surface area (Å²) in [5, 5.41) is 11.7. The SMILES string of the molecule is C=CC1(O)C(C)[C@@H]2[C@@H](C#C[C@@H](O[Si](C)(C)C(C)(C)C)C3CCCCC3)[C@H](O[Si](C)(C)C(C)(C)C)CC[C@@H]21. The zero-order chi connectivity index (χ0) is 28.0. The Morgan fingerprint density at radius 1 is 0.919 bits per heavy atom. The van der Waals surface area contributed by atoms with Gasteiger partial charge in [0.05, 0.1) is 11.7 Å². The molecule has 3 rings (SSSR count). The lowest BCUT2D eigenvalue weighted by Crippen LogP contribution is -2.66. The van der Waals surface area contributed by atoms with Gasteiger partial charge in [0.2, 0.25) is 0 Å². The van der Waals surface area contributed by atoms with Crippen LogP contribution in [-0.4, -0.2) is 39.6 Å². The smallest absolute Gasteiger partial charge is 0.193 e. The molecule has 2 unspecified atom stereocenters. The molecule has 212 valence electrons. The monoisotopic (exact) mass is 546 g/mol. The van der Waals surface area contributed by atoms with Crippen molar-refractivity contribution in [1.29, 1.82) is 0 Å². The highest BCUT2D eigenvalue weighted by atomic mass is 28.4. The van der Waals surface area contributed by atoms with E-state index in [9.17, 15) is 5.11 Å². The van der Waals surface area contributed by atoms with Crippen molar-refractivity contribution in [1.82, 2.24) is 0 Å². The molecule has 0 aromatic carbocycles. The summed E-state index contributed by atoms with van der Waals surface area (Å²) >= 11 is 0. The van der Waals surface area contributed by atoms with Crippen LogP contribution < -0.4 is 0 Å². The molecule has 3 nitrogen and oxygen atoms in total. The van der Waals surface area contributed by atoms with Gasteiger partial charge in [0, 0.05) is 5.92 Å². The highest BCUT2D eigenvalue weighted by molar-refractivity contribution is 6.74. The van der Waals surface area contributed by atoms with Gasteiger partial charge in [-0.2, -0.15) is 0 Å². The van der Waals surface area contributed by atoms with Gasteiger partial charge in [-0.05, 0) is 85.6 Å². The molecule has 3 aliphatic rings. The van der Waals surface area contributed by atoms with Gasteiger partial charge in [0.15, 0.2) is 16.6 Å². The van der Waals surface area contributed by atoms with E-state index in [-0.39, 0.29) is 40.0 Å². The van der Waals surface area contributed by atoms with E-state index in [4.69, 9.17) is 8.85 Å². The fourth-order valence-electron chi connectivity index (χ4n) is 6.51. The predicted molar refractivity (Wildman–Crippen MR) is 163 cm³/mol. The summed E-state index contributed by atoms with van der Waals surface area (Å²) in [6.45, 7) is 29.6. The molecule has 0 spiro atoms. The molecular weight excluding hydrogens is 489 g/mol. The third-order valence-electron chi connectivity index (χ3n) is 11.2. The summed E-state index contributed by atoms with van der Waals surface area (Å²) in [5.74, 6) is 9.01. The minimum Gasteiger partial charge on any atom is -0.413 e. The number of hydrogen-bond acceptors (Lipinski definition) is 3. The molecule has 0 heterocycles. The van der Waals surface area contributed by atoms with Crippen LogP contribution in [0.5, 0.6) is 0 Å². The molecule has 3 aliphatic carbocycles. The molecule has 3 fully saturated rings. The van der Waals surface area contributed by atoms with E-state index >= 15 is 0 Å². The summed E-state index contributed by atoms with van der Waals surface area (Å²) < 4.78 is 14.1. The van der Waals surface area contributed by atoms with Crippen molar-refractivity contribution in [3.8, 4) is 11.8 Å². The molecule has 0 radical (unpaired) electrons. The maximum absolute atomic E-state index is 11.4. The normalized spacial score (nSPS) is 34.5. The van der Waals surface area contributed by atoms with Gasteiger partial charge in [0.25, 0.3) is 0 Å². The third-order valence-corrected chi connectivity index (χ3v) is 20.2. The predicted octanol–water partition coefficient (Wildman–Crippen LogP) is 8.56. The van der Waals surface area contributed by atoms with Gasteiger partial charge in [-0.3, -0.25) is 0 Å². The molecule has 7 atom stereocenters. The van der Waals surface area contributed by atoms with Crippen molar-refractivity contribution in [2.24, 2.45) is 29.6 Å². The second-order valence-electron chi connectivity index (χ2n) is 15.6. The maximum atomic E-state index is 11.4. The van der Waals surface area contributed by atoms with Crippen molar-refractivity contribution in [3.05, 3.63) is 12.7 Å². The summed E-state index contributed by atoms with van der Waals surface area (Å²) in [6.07, 6.45) is 10.2. The van der Waals surface area contributed by atoms with Gasteiger partial charge in [-0.25, -0.2) is 0 Å². The molecule has 0 bridgehead atoms. The Hall–Kier alpha value is -0.386. The molecule has 3 saturated carbocycles. The lowest BCUT2D eigenvalue weighted by atomic mass is 9.46. The summed E-state index contributed by atoms with van der Waals surface area (Å²) in [7, 11) is -3.91. The average Bonchev–Trinajstić information content (AvgIpc) is 2.80. The van der Waals surface area contributed by atoms with Crippen LogP contribution in [0.3, 0.4) is 0 Å². The van der Waals surface area contributed by atoms with Crippen molar-refractivity contribution < 1.29 is 14.0 Å². The molecule has 0 saturated heterocycles. The standard InChI is InChI=1S/C32H58O3Si2/c1-13-32(33)23(2)29-25(28(22-20-26(29)32)35-37(11,12)31(6,7)8)19-21-27(24-17-15-14-16-18-24)34-36(9,10)30(3,4)5/h13,23-29,33H,1,14-18,20,22H2,2-12H3/t23?,25-,26-,27+,28+,29+,32?/m0/s1. The Balaban J connectivity index is 1.97. The van der Waals surface area contributed by atoms with Crippen LogP contribution in [0.25, 0.3) is 0 Å². The Morgan fingerprint density at radius 2 is 1.49 bits per heavy atom. The van der Waals surface area contributed by atoms with E-state index in [1.807, 2.05) is 0 Å². The molecule has 1 N–H and O–H groups in total. The van der Waals surface area contributed by atoms with Crippen molar-refractivity contribution >= 4 is 16.6 Å². The fraction of sp³-hybridized carbons (Fsp3) is 0.875. The second-order valence-corrected chi connectivity index (χ2v) is 25.1. The number of hydrogen-bond donors (Lipinski definition) is 1. The van der Waals surface area contributed by atoms with E-state index < -0.39 is 22.2 Å². The molecule has 0 aromatic heterocycles. The molecular formula is C32H58O3Si2. The Labute approximate surface area is 231 Å². The van der Waals surface area contributed by atoms with E-state index in [2.05, 4.69) is 93.1 Å². The topological polar surface area (TPSA) is 38.7 Å². The number of fused-ring (bicyclic) bond motifs is 1. The lowest BCUT2D eigenvalue weighted by molar-refractivity contribution is -0.199. The quantitative estimate of drug-likeness (QED) is 0.206. The number of aliphatic hydroxyl groups is 1. The summed E-state index contributed by atoms with van der Waals surface area (Å²) in [5.41, 5.74) is -0.771. The van der Waals surface area contributed by atoms with Crippen molar-refractivity contribution in [2.45, 2.75) is 147 Å². The van der Waals surface area contributed by atoms with Crippen molar-refractivity contribution in [2.75, 3.05) is 0 Å². The molecule has 5 heteroatoms. The minimum atomic E-state index is -1.96. The van der Waals surface area contributed by atoms with Gasteiger partial charge in [-0.1, -0.05) is 85.6 Å². The zero-order valence-electron chi connectivity index (χ0n) is 26.0. The van der Waals surface area contributed by atoms with Crippen LogP contribution in [0.2, 0.25) is 36.3 Å². The van der Waals surface area contributed by atoms with E-state index in [0.717, 1.165) is 12.8 Å². The van der Waals surface area contributed by atoms with Gasteiger partial charge < -0.3 is 14.0 Å². The summed E-state index contributed by atoms with van der Waals surface area (Å²) in [6, 6.07) is 0. The molecule has 0 amide bonds. The third kappa shape index (κ3) is 6.19. The minimum absolute atomic E-state index is 0.00348. The Bertz CT molecular complexity index is 865. The fourth-order valence-corrected chi connectivity index (χ4v) is 9.12. The molecule has 37 heavy (non-hydrogen) atoms.